The number of likely N-dealkylation sites (tertiary alicyclic amines) is 1. The van der Waals surface area contributed by atoms with Crippen molar-refractivity contribution in [3.05, 3.63) is 35.0 Å². The van der Waals surface area contributed by atoms with Crippen LogP contribution in [0.1, 0.15) is 57.1 Å². The summed E-state index contributed by atoms with van der Waals surface area (Å²) in [7, 11) is 2.12. The number of carbonyl (C=O) groups is 1. The third kappa shape index (κ3) is 2.45. The van der Waals surface area contributed by atoms with Crippen LogP contribution in [0, 0.1) is 5.92 Å². The Hall–Kier alpha value is -1.77. The Labute approximate surface area is 145 Å². The molecule has 0 aromatic heterocycles. The minimum absolute atomic E-state index is 0.193. The first kappa shape index (κ1) is 15.7. The minimum atomic E-state index is 0.193. The number of anilines is 1. The lowest BCUT2D eigenvalue weighted by molar-refractivity contribution is -0.113. The number of hydrogen-bond donors (Lipinski definition) is 0. The van der Waals surface area contributed by atoms with E-state index < -0.39 is 0 Å². The van der Waals surface area contributed by atoms with Crippen LogP contribution in [0.25, 0.3) is 5.57 Å². The Kier molecular flexibility index (Phi) is 3.90. The summed E-state index contributed by atoms with van der Waals surface area (Å²) in [4.78, 5) is 17.4. The van der Waals surface area contributed by atoms with E-state index in [0.29, 0.717) is 0 Å². The Morgan fingerprint density at radius 1 is 1.21 bits per heavy atom. The smallest absolute Gasteiger partial charge is 0.260 e. The van der Waals surface area contributed by atoms with E-state index in [-0.39, 0.29) is 11.9 Å². The monoisotopic (exact) mass is 324 g/mol. The first-order valence-corrected chi connectivity index (χ1v) is 9.47. The molecule has 24 heavy (non-hydrogen) atoms. The molecule has 0 N–H and O–H groups in total. The zero-order valence-corrected chi connectivity index (χ0v) is 15.1. The molecule has 128 valence electrons. The predicted molar refractivity (Wildman–Crippen MR) is 98.9 cm³/mol. The summed E-state index contributed by atoms with van der Waals surface area (Å²) < 4.78 is 0. The van der Waals surface area contributed by atoms with Gasteiger partial charge in [0.1, 0.15) is 0 Å². The van der Waals surface area contributed by atoms with Crippen molar-refractivity contribution in [2.75, 3.05) is 18.5 Å². The lowest BCUT2D eigenvalue weighted by Crippen LogP contribution is -2.33. The van der Waals surface area contributed by atoms with Gasteiger partial charge in [0.15, 0.2) is 0 Å². The molecule has 0 unspecified atom stereocenters. The molecule has 3 aliphatic rings. The van der Waals surface area contributed by atoms with Gasteiger partial charge in [0.05, 0.1) is 11.3 Å². The molecule has 1 aliphatic carbocycles. The van der Waals surface area contributed by atoms with Gasteiger partial charge in [-0.3, -0.25) is 4.79 Å². The van der Waals surface area contributed by atoms with E-state index >= 15 is 0 Å². The molecule has 1 saturated heterocycles. The molecule has 1 saturated carbocycles. The standard InChI is InChI=1S/C21H28N2O/c1-14(2)23-18-10-9-16(12-15-6-4-7-15)13-17(18)20(21(23)24)19-8-5-11-22(19)3/h9-10,13-15H,4-8,11-12H2,1-3H3/b20-19-. The Morgan fingerprint density at radius 2 is 2.00 bits per heavy atom. The maximum absolute atomic E-state index is 13.2. The molecular formula is C21H28N2O. The number of amides is 1. The van der Waals surface area contributed by atoms with Crippen molar-refractivity contribution in [2.45, 2.75) is 58.4 Å². The van der Waals surface area contributed by atoms with Crippen LogP contribution in [0.2, 0.25) is 0 Å². The maximum atomic E-state index is 13.2. The molecule has 0 radical (unpaired) electrons. The zero-order valence-electron chi connectivity index (χ0n) is 15.1. The van der Waals surface area contributed by atoms with E-state index in [1.165, 1.54) is 42.5 Å². The van der Waals surface area contributed by atoms with Crippen LogP contribution >= 0.6 is 0 Å². The number of rotatable bonds is 3. The van der Waals surface area contributed by atoms with Gasteiger partial charge in [-0.25, -0.2) is 0 Å². The summed E-state index contributed by atoms with van der Waals surface area (Å²) >= 11 is 0. The van der Waals surface area contributed by atoms with Crippen LogP contribution in [-0.2, 0) is 11.2 Å². The molecule has 2 aliphatic heterocycles. The Balaban J connectivity index is 1.79. The van der Waals surface area contributed by atoms with Gasteiger partial charge in [0.25, 0.3) is 5.91 Å². The van der Waals surface area contributed by atoms with E-state index in [4.69, 9.17) is 0 Å². The van der Waals surface area contributed by atoms with Gasteiger partial charge >= 0.3 is 0 Å². The highest BCUT2D eigenvalue weighted by atomic mass is 16.2. The fourth-order valence-corrected chi connectivity index (χ4v) is 4.41. The van der Waals surface area contributed by atoms with E-state index in [1.54, 1.807) is 0 Å². The largest absolute Gasteiger partial charge is 0.377 e. The number of allylic oxidation sites excluding steroid dienone is 1. The fraction of sp³-hybridized carbons (Fsp3) is 0.571. The van der Waals surface area contributed by atoms with Gasteiger partial charge in [-0.1, -0.05) is 25.3 Å². The number of benzene rings is 1. The number of nitrogens with zero attached hydrogens (tertiary/aromatic N) is 2. The van der Waals surface area contributed by atoms with Gasteiger partial charge < -0.3 is 9.80 Å². The third-order valence-corrected chi connectivity index (χ3v) is 5.94. The molecule has 1 amide bonds. The van der Waals surface area contributed by atoms with Crippen LogP contribution < -0.4 is 4.90 Å². The molecule has 1 aromatic carbocycles. The lowest BCUT2D eigenvalue weighted by atomic mass is 9.80. The topological polar surface area (TPSA) is 23.6 Å². The van der Waals surface area contributed by atoms with Crippen molar-refractivity contribution in [3.8, 4) is 0 Å². The van der Waals surface area contributed by atoms with Crippen molar-refractivity contribution in [1.82, 2.24) is 4.90 Å². The summed E-state index contributed by atoms with van der Waals surface area (Å²) in [5, 5.41) is 0. The summed E-state index contributed by atoms with van der Waals surface area (Å²) in [5.41, 5.74) is 5.89. The van der Waals surface area contributed by atoms with Crippen molar-refractivity contribution in [3.63, 3.8) is 0 Å². The van der Waals surface area contributed by atoms with Crippen molar-refractivity contribution in [2.24, 2.45) is 5.92 Å². The average Bonchev–Trinajstić information content (AvgIpc) is 3.02. The average molecular weight is 324 g/mol. The van der Waals surface area contributed by atoms with Crippen LogP contribution in [0.15, 0.2) is 23.9 Å². The van der Waals surface area contributed by atoms with E-state index in [9.17, 15) is 4.79 Å². The molecule has 4 rings (SSSR count). The first-order valence-electron chi connectivity index (χ1n) is 9.47. The van der Waals surface area contributed by atoms with Gasteiger partial charge in [0.2, 0.25) is 0 Å². The second-order valence-corrected chi connectivity index (χ2v) is 7.97. The number of hydrogen-bond acceptors (Lipinski definition) is 2. The molecule has 3 nitrogen and oxygen atoms in total. The first-order chi connectivity index (χ1) is 11.6. The minimum Gasteiger partial charge on any atom is -0.377 e. The van der Waals surface area contributed by atoms with Gasteiger partial charge in [-0.15, -0.1) is 0 Å². The van der Waals surface area contributed by atoms with E-state index in [0.717, 1.165) is 36.6 Å². The van der Waals surface area contributed by atoms with Crippen LogP contribution in [0.4, 0.5) is 5.69 Å². The van der Waals surface area contributed by atoms with Crippen LogP contribution in [-0.4, -0.2) is 30.4 Å². The summed E-state index contributed by atoms with van der Waals surface area (Å²) in [6, 6.07) is 6.93. The lowest BCUT2D eigenvalue weighted by Gasteiger charge is -2.25. The van der Waals surface area contributed by atoms with Gasteiger partial charge in [0, 0.05) is 30.9 Å². The normalized spacial score (nSPS) is 24.1. The van der Waals surface area contributed by atoms with Crippen LogP contribution in [0.5, 0.6) is 0 Å². The second kappa shape index (κ2) is 5.94. The summed E-state index contributed by atoms with van der Waals surface area (Å²) in [5.74, 6) is 1.05. The summed E-state index contributed by atoms with van der Waals surface area (Å²) in [6.07, 6.45) is 7.46. The van der Waals surface area contributed by atoms with Crippen LogP contribution in [0.3, 0.4) is 0 Å². The third-order valence-electron chi connectivity index (χ3n) is 5.94. The number of carbonyl (C=O) groups excluding carboxylic acids is 1. The highest BCUT2D eigenvalue weighted by Crippen LogP contribution is 2.43. The van der Waals surface area contributed by atoms with Gasteiger partial charge in [-0.2, -0.15) is 0 Å². The van der Waals surface area contributed by atoms with E-state index in [1.807, 2.05) is 4.90 Å². The zero-order chi connectivity index (χ0) is 16.8. The maximum Gasteiger partial charge on any atom is 0.260 e. The number of fused-ring (bicyclic) bond motifs is 1. The summed E-state index contributed by atoms with van der Waals surface area (Å²) in [6.45, 7) is 5.27. The SMILES string of the molecule is CC(C)N1C(=O)/C(=C2/CCCN2C)c2cc(CC3CCC3)ccc21. The quantitative estimate of drug-likeness (QED) is 0.777. The molecule has 0 bridgehead atoms. The van der Waals surface area contributed by atoms with Crippen molar-refractivity contribution in [1.29, 1.82) is 0 Å². The fourth-order valence-electron chi connectivity index (χ4n) is 4.41. The van der Waals surface area contributed by atoms with Gasteiger partial charge in [-0.05, 0) is 56.7 Å². The molecule has 3 heteroatoms. The Bertz CT molecular complexity index is 700. The highest BCUT2D eigenvalue weighted by Gasteiger charge is 2.37. The highest BCUT2D eigenvalue weighted by molar-refractivity contribution is 6.33. The Morgan fingerprint density at radius 3 is 2.58 bits per heavy atom. The predicted octanol–water partition coefficient (Wildman–Crippen LogP) is 4.22. The molecule has 2 heterocycles. The second-order valence-electron chi connectivity index (χ2n) is 7.97. The molecule has 0 atom stereocenters. The van der Waals surface area contributed by atoms with Crippen molar-refractivity contribution < 1.29 is 4.79 Å². The van der Waals surface area contributed by atoms with E-state index in [2.05, 4.69) is 44.0 Å². The van der Waals surface area contributed by atoms with Crippen molar-refractivity contribution >= 4 is 17.2 Å². The molecule has 1 aromatic rings. The molecular weight excluding hydrogens is 296 g/mol. The molecule has 0 spiro atoms. The molecule has 2 fully saturated rings.